The number of nitrogens with zero attached hydrogens (tertiary/aromatic N) is 1. The van der Waals surface area contributed by atoms with Crippen LogP contribution < -0.4 is 0 Å². The van der Waals surface area contributed by atoms with Gasteiger partial charge in [0.15, 0.2) is 11.9 Å². The third-order valence-corrected chi connectivity index (χ3v) is 6.28. The van der Waals surface area contributed by atoms with Crippen molar-refractivity contribution in [3.63, 3.8) is 0 Å². The average molecular weight is 458 g/mol. The van der Waals surface area contributed by atoms with Gasteiger partial charge in [-0.15, -0.1) is 0 Å². The van der Waals surface area contributed by atoms with Crippen molar-refractivity contribution in [2.24, 2.45) is 4.99 Å². The smallest absolute Gasteiger partial charge is 0.344 e. The first-order valence-corrected chi connectivity index (χ1v) is 13.0. The second kappa shape index (κ2) is 16.5. The van der Waals surface area contributed by atoms with Crippen LogP contribution in [-0.4, -0.2) is 34.6 Å². The summed E-state index contributed by atoms with van der Waals surface area (Å²) in [6.45, 7) is 2.28. The number of benzene rings is 1. The summed E-state index contributed by atoms with van der Waals surface area (Å²) < 4.78 is 5.09. The number of ether oxygens (including phenoxy) is 1. The van der Waals surface area contributed by atoms with Gasteiger partial charge < -0.3 is 14.9 Å². The molecule has 2 rings (SSSR count). The van der Waals surface area contributed by atoms with Gasteiger partial charge in [0.25, 0.3) is 0 Å². The van der Waals surface area contributed by atoms with Crippen molar-refractivity contribution in [3.05, 3.63) is 47.2 Å². The summed E-state index contributed by atoms with van der Waals surface area (Å²) in [5.41, 5.74) is 1.77. The van der Waals surface area contributed by atoms with E-state index in [-0.39, 0.29) is 11.3 Å². The lowest BCUT2D eigenvalue weighted by Gasteiger charge is -2.08. The van der Waals surface area contributed by atoms with Crippen LogP contribution in [0.4, 0.5) is 0 Å². The second-order valence-electron chi connectivity index (χ2n) is 9.08. The van der Waals surface area contributed by atoms with Crippen molar-refractivity contribution in [2.75, 3.05) is 6.61 Å². The molecule has 33 heavy (non-hydrogen) atoms. The average Bonchev–Trinajstić information content (AvgIpc) is 3.12. The van der Waals surface area contributed by atoms with Gasteiger partial charge in [-0.1, -0.05) is 114 Å². The first-order chi connectivity index (χ1) is 16.2. The van der Waals surface area contributed by atoms with E-state index >= 15 is 0 Å². The Labute approximate surface area is 200 Å². The Morgan fingerprint density at radius 1 is 0.879 bits per heavy atom. The van der Waals surface area contributed by atoms with Crippen molar-refractivity contribution in [1.29, 1.82) is 0 Å². The fourth-order valence-corrected chi connectivity index (χ4v) is 4.26. The molecule has 0 aliphatic carbocycles. The largest absolute Gasteiger partial charge is 0.507 e. The van der Waals surface area contributed by atoms with Crippen LogP contribution in [0.5, 0.6) is 0 Å². The van der Waals surface area contributed by atoms with E-state index in [2.05, 4.69) is 11.9 Å². The highest BCUT2D eigenvalue weighted by Crippen LogP contribution is 2.24. The Morgan fingerprint density at radius 2 is 1.42 bits per heavy atom. The molecule has 1 atom stereocenters. The van der Waals surface area contributed by atoms with E-state index in [1.165, 1.54) is 70.6 Å². The molecule has 5 nitrogen and oxygen atoms in total. The van der Waals surface area contributed by atoms with Gasteiger partial charge in [-0.2, -0.15) is 0 Å². The van der Waals surface area contributed by atoms with Crippen molar-refractivity contribution >= 4 is 11.7 Å². The first kappa shape index (κ1) is 27.1. The molecule has 1 aliphatic rings. The van der Waals surface area contributed by atoms with Gasteiger partial charge >= 0.3 is 5.97 Å². The molecule has 0 radical (unpaired) electrons. The van der Waals surface area contributed by atoms with Crippen LogP contribution in [0.3, 0.4) is 0 Å². The number of rotatable bonds is 18. The first-order valence-electron chi connectivity index (χ1n) is 13.0. The molecule has 2 N–H and O–H groups in total. The molecule has 0 bridgehead atoms. The van der Waals surface area contributed by atoms with Crippen LogP contribution in [0, 0.1) is 0 Å². The van der Waals surface area contributed by atoms with Gasteiger partial charge in [-0.05, 0) is 18.4 Å². The standard InChI is InChI=1S/C28H43NO4/c1-2-3-4-5-6-7-8-9-10-11-12-13-17-20-24(29-21-23-18-15-14-16-19-23)26-27(31)25(22-30)33-28(26)32/h14-16,18-19,25,30-31H,2-13,17,20-22H2,1H3/t25-/m0/s1. The van der Waals surface area contributed by atoms with E-state index in [0.29, 0.717) is 18.7 Å². The number of carbonyl (C=O) groups excluding carboxylic acids is 1. The highest BCUT2D eigenvalue weighted by atomic mass is 16.6. The zero-order valence-electron chi connectivity index (χ0n) is 20.4. The highest BCUT2D eigenvalue weighted by molar-refractivity contribution is 6.21. The molecule has 1 aromatic rings. The minimum atomic E-state index is -0.971. The number of carbonyl (C=O) groups is 1. The van der Waals surface area contributed by atoms with Gasteiger partial charge in [0.2, 0.25) is 0 Å². The second-order valence-corrected chi connectivity index (χ2v) is 9.08. The third kappa shape index (κ3) is 10.1. The summed E-state index contributed by atoms with van der Waals surface area (Å²) in [5, 5.41) is 19.7. The maximum atomic E-state index is 12.3. The lowest BCUT2D eigenvalue weighted by Crippen LogP contribution is -2.15. The molecule has 0 fully saturated rings. The predicted molar refractivity (Wildman–Crippen MR) is 135 cm³/mol. The zero-order valence-corrected chi connectivity index (χ0v) is 20.4. The van der Waals surface area contributed by atoms with E-state index in [1.807, 2.05) is 30.3 Å². The summed E-state index contributed by atoms with van der Waals surface area (Å²) in [4.78, 5) is 17.0. The van der Waals surface area contributed by atoms with E-state index in [1.54, 1.807) is 0 Å². The third-order valence-electron chi connectivity index (χ3n) is 6.28. The monoisotopic (exact) mass is 457 g/mol. The van der Waals surface area contributed by atoms with Crippen molar-refractivity contribution < 1.29 is 19.7 Å². The van der Waals surface area contributed by atoms with Gasteiger partial charge in [0.1, 0.15) is 5.57 Å². The minimum absolute atomic E-state index is 0.143. The van der Waals surface area contributed by atoms with Crippen LogP contribution in [-0.2, 0) is 16.1 Å². The number of cyclic esters (lactones) is 1. The molecule has 1 aromatic carbocycles. The zero-order chi connectivity index (χ0) is 23.7. The van der Waals surface area contributed by atoms with Crippen molar-refractivity contribution in [3.8, 4) is 0 Å². The summed E-state index contributed by atoms with van der Waals surface area (Å²) in [6, 6.07) is 9.85. The normalized spacial score (nSPS) is 16.5. The van der Waals surface area contributed by atoms with Crippen LogP contribution >= 0.6 is 0 Å². The molecule has 184 valence electrons. The minimum Gasteiger partial charge on any atom is -0.507 e. The number of hydrogen-bond acceptors (Lipinski definition) is 5. The highest BCUT2D eigenvalue weighted by Gasteiger charge is 2.36. The van der Waals surface area contributed by atoms with E-state index in [9.17, 15) is 15.0 Å². The number of aliphatic imine (C=N–C) groups is 1. The van der Waals surface area contributed by atoms with Gasteiger partial charge in [0.05, 0.1) is 18.9 Å². The summed E-state index contributed by atoms with van der Waals surface area (Å²) in [7, 11) is 0. The van der Waals surface area contributed by atoms with Gasteiger partial charge in [0, 0.05) is 0 Å². The van der Waals surface area contributed by atoms with Crippen LogP contribution in [0.1, 0.15) is 102 Å². The Hall–Kier alpha value is -2.14. The number of esters is 1. The Bertz CT molecular complexity index is 742. The molecule has 1 heterocycles. The van der Waals surface area contributed by atoms with Crippen LogP contribution in [0.2, 0.25) is 0 Å². The van der Waals surface area contributed by atoms with Crippen LogP contribution in [0.25, 0.3) is 0 Å². The molecule has 0 aromatic heterocycles. The Morgan fingerprint density at radius 3 is 1.94 bits per heavy atom. The molecular formula is C28H43NO4. The van der Waals surface area contributed by atoms with E-state index < -0.39 is 18.7 Å². The molecule has 0 amide bonds. The van der Waals surface area contributed by atoms with E-state index in [4.69, 9.17) is 4.74 Å². The number of hydrogen-bond donors (Lipinski definition) is 2. The Kier molecular flexibility index (Phi) is 13.5. The predicted octanol–water partition coefficient (Wildman–Crippen LogP) is 6.84. The van der Waals surface area contributed by atoms with Crippen molar-refractivity contribution in [2.45, 2.75) is 109 Å². The van der Waals surface area contributed by atoms with Crippen LogP contribution in [0.15, 0.2) is 46.7 Å². The molecule has 1 aliphatic heterocycles. The maximum absolute atomic E-state index is 12.3. The summed E-state index contributed by atoms with van der Waals surface area (Å²) in [5.74, 6) is -0.780. The van der Waals surface area contributed by atoms with Gasteiger partial charge in [-0.3, -0.25) is 4.99 Å². The lowest BCUT2D eigenvalue weighted by atomic mass is 10.0. The number of aliphatic hydroxyl groups excluding tert-OH is 2. The molecule has 0 spiro atoms. The quantitative estimate of drug-likeness (QED) is 0.144. The van der Waals surface area contributed by atoms with E-state index in [0.717, 1.165) is 18.4 Å². The fraction of sp³-hybridized carbons (Fsp3) is 0.643. The maximum Gasteiger partial charge on any atom is 0.344 e. The SMILES string of the molecule is CCCCCCCCCCCCCCCC(=NCc1ccccc1)C1=C(O)[C@H](CO)OC1=O. The molecular weight excluding hydrogens is 414 g/mol. The lowest BCUT2D eigenvalue weighted by molar-refractivity contribution is -0.141. The van der Waals surface area contributed by atoms with Gasteiger partial charge in [-0.25, -0.2) is 4.79 Å². The molecule has 5 heteroatoms. The fourth-order valence-electron chi connectivity index (χ4n) is 4.26. The Balaban J connectivity index is 1.73. The summed E-state index contributed by atoms with van der Waals surface area (Å²) >= 11 is 0. The number of aliphatic hydroxyl groups is 2. The topological polar surface area (TPSA) is 79.1 Å². The molecule has 0 saturated carbocycles. The summed E-state index contributed by atoms with van der Waals surface area (Å²) in [6.07, 6.45) is 16.3. The molecule has 0 saturated heterocycles. The molecule has 0 unspecified atom stereocenters. The van der Waals surface area contributed by atoms with Crippen molar-refractivity contribution in [1.82, 2.24) is 0 Å². The number of unbranched alkanes of at least 4 members (excludes halogenated alkanes) is 12.